The number of carbonyl (C=O) groups is 1. The summed E-state index contributed by atoms with van der Waals surface area (Å²) in [6, 6.07) is 2.10. The Kier molecular flexibility index (Phi) is 4.56. The van der Waals surface area contributed by atoms with Crippen molar-refractivity contribution in [2.45, 2.75) is 45.3 Å². The third kappa shape index (κ3) is 3.23. The standard InChI is InChI=1S/C17H17F3N6OS/c1-9-7-13(17(18,19)20)26-14(21-9)8-11(23-26)12-5-3-4-6-25(12)16(27)15-10(2)22-24-28-15/h7-8,12H,3-6H2,1-2H3. The van der Waals surface area contributed by atoms with E-state index >= 15 is 0 Å². The van der Waals surface area contributed by atoms with Crippen LogP contribution in [0.2, 0.25) is 0 Å². The number of hydrogen-bond acceptors (Lipinski definition) is 6. The van der Waals surface area contributed by atoms with Crippen LogP contribution in [0.15, 0.2) is 12.1 Å². The smallest absolute Gasteiger partial charge is 0.329 e. The minimum absolute atomic E-state index is 0.121. The maximum atomic E-state index is 13.4. The Labute approximate surface area is 162 Å². The van der Waals surface area contributed by atoms with Gasteiger partial charge in [-0.15, -0.1) is 5.10 Å². The van der Waals surface area contributed by atoms with Gasteiger partial charge in [0.2, 0.25) is 0 Å². The molecule has 3 aromatic heterocycles. The lowest BCUT2D eigenvalue weighted by Crippen LogP contribution is -2.38. The topological polar surface area (TPSA) is 76.3 Å². The second-order valence-corrected chi connectivity index (χ2v) is 7.57. The molecular weight excluding hydrogens is 393 g/mol. The first-order valence-corrected chi connectivity index (χ1v) is 9.57. The van der Waals surface area contributed by atoms with E-state index in [1.165, 1.54) is 13.0 Å². The largest absolute Gasteiger partial charge is 0.433 e. The van der Waals surface area contributed by atoms with E-state index in [0.717, 1.165) is 35.0 Å². The molecule has 1 aliphatic heterocycles. The van der Waals surface area contributed by atoms with Gasteiger partial charge in [-0.25, -0.2) is 9.50 Å². The first-order chi connectivity index (χ1) is 13.3. The van der Waals surface area contributed by atoms with Gasteiger partial charge < -0.3 is 4.90 Å². The summed E-state index contributed by atoms with van der Waals surface area (Å²) in [7, 11) is 0. The Morgan fingerprint density at radius 1 is 1.25 bits per heavy atom. The highest BCUT2D eigenvalue weighted by molar-refractivity contribution is 7.07. The van der Waals surface area contributed by atoms with Gasteiger partial charge in [0.1, 0.15) is 10.6 Å². The summed E-state index contributed by atoms with van der Waals surface area (Å²) in [5, 5.41) is 8.07. The van der Waals surface area contributed by atoms with Crippen LogP contribution in [0.1, 0.15) is 57.8 Å². The van der Waals surface area contributed by atoms with E-state index in [1.807, 2.05) is 0 Å². The third-order valence-corrected chi connectivity index (χ3v) is 5.63. The second-order valence-electron chi connectivity index (χ2n) is 6.82. The highest BCUT2D eigenvalue weighted by atomic mass is 32.1. The van der Waals surface area contributed by atoms with E-state index in [-0.39, 0.29) is 17.2 Å². The van der Waals surface area contributed by atoms with Crippen LogP contribution in [0.4, 0.5) is 13.2 Å². The average Bonchev–Trinajstić information content (AvgIpc) is 3.25. The third-order valence-electron chi connectivity index (χ3n) is 4.82. The minimum atomic E-state index is -4.55. The lowest BCUT2D eigenvalue weighted by molar-refractivity contribution is -0.142. The van der Waals surface area contributed by atoms with Crippen molar-refractivity contribution in [1.82, 2.24) is 29.1 Å². The molecular formula is C17H17F3N6OS. The molecule has 11 heteroatoms. The van der Waals surface area contributed by atoms with E-state index in [4.69, 9.17) is 0 Å². The molecule has 0 N–H and O–H groups in total. The lowest BCUT2D eigenvalue weighted by Gasteiger charge is -2.34. The number of alkyl halides is 3. The maximum absolute atomic E-state index is 13.4. The van der Waals surface area contributed by atoms with Gasteiger partial charge >= 0.3 is 6.18 Å². The Balaban J connectivity index is 1.77. The molecule has 1 amide bonds. The number of fused-ring (bicyclic) bond motifs is 1. The Bertz CT molecular complexity index is 1040. The number of rotatable bonds is 2. The van der Waals surface area contributed by atoms with Gasteiger partial charge in [-0.3, -0.25) is 4.79 Å². The normalized spacial score (nSPS) is 18.0. The minimum Gasteiger partial charge on any atom is -0.329 e. The van der Waals surface area contributed by atoms with Crippen LogP contribution in [-0.2, 0) is 6.18 Å². The van der Waals surface area contributed by atoms with Crippen LogP contribution in [0.5, 0.6) is 0 Å². The van der Waals surface area contributed by atoms with Gasteiger partial charge in [-0.1, -0.05) is 4.49 Å². The van der Waals surface area contributed by atoms with Gasteiger partial charge in [0.05, 0.1) is 17.4 Å². The molecule has 0 aliphatic carbocycles. The molecule has 4 rings (SSSR count). The summed E-state index contributed by atoms with van der Waals surface area (Å²) in [6.07, 6.45) is -2.24. The van der Waals surface area contributed by atoms with Crippen LogP contribution in [-0.4, -0.2) is 41.5 Å². The van der Waals surface area contributed by atoms with Crippen molar-refractivity contribution >= 4 is 23.1 Å². The number of likely N-dealkylation sites (tertiary alicyclic amines) is 1. The number of halogens is 3. The molecule has 0 radical (unpaired) electrons. The van der Waals surface area contributed by atoms with E-state index in [9.17, 15) is 18.0 Å². The molecule has 148 valence electrons. The van der Waals surface area contributed by atoms with Crippen LogP contribution in [0.25, 0.3) is 5.65 Å². The first-order valence-electron chi connectivity index (χ1n) is 8.80. The number of carbonyl (C=O) groups excluding carboxylic acids is 1. The molecule has 1 unspecified atom stereocenters. The fourth-order valence-corrected chi connectivity index (χ4v) is 4.14. The summed E-state index contributed by atoms with van der Waals surface area (Å²) in [5.41, 5.74) is 0.459. The fourth-order valence-electron chi connectivity index (χ4n) is 3.52. The SMILES string of the molecule is Cc1cc(C(F)(F)F)n2nc(C3CCCCN3C(=O)c3snnc3C)cc2n1. The Morgan fingerprint density at radius 3 is 2.71 bits per heavy atom. The van der Waals surface area contributed by atoms with Gasteiger partial charge in [0.25, 0.3) is 5.91 Å². The molecule has 7 nitrogen and oxygen atoms in total. The molecule has 1 fully saturated rings. The van der Waals surface area contributed by atoms with Crippen molar-refractivity contribution in [3.8, 4) is 0 Å². The van der Waals surface area contributed by atoms with Crippen LogP contribution >= 0.6 is 11.5 Å². The summed E-state index contributed by atoms with van der Waals surface area (Å²) >= 11 is 1.02. The van der Waals surface area contributed by atoms with Crippen molar-refractivity contribution in [3.63, 3.8) is 0 Å². The molecule has 1 aliphatic rings. The zero-order valence-corrected chi connectivity index (χ0v) is 16.0. The number of nitrogens with zero attached hydrogens (tertiary/aromatic N) is 6. The first kappa shape index (κ1) is 18.8. The van der Waals surface area contributed by atoms with Crippen molar-refractivity contribution in [3.05, 3.63) is 39.8 Å². The van der Waals surface area contributed by atoms with E-state index in [0.29, 0.717) is 29.2 Å². The molecule has 0 spiro atoms. The van der Waals surface area contributed by atoms with Gasteiger partial charge in [-0.05, 0) is 50.7 Å². The molecule has 3 aromatic rings. The van der Waals surface area contributed by atoms with Crippen molar-refractivity contribution in [1.29, 1.82) is 0 Å². The average molecular weight is 410 g/mol. The van der Waals surface area contributed by atoms with Crippen molar-refractivity contribution in [2.24, 2.45) is 0 Å². The van der Waals surface area contributed by atoms with E-state index < -0.39 is 17.9 Å². The van der Waals surface area contributed by atoms with E-state index in [1.54, 1.807) is 11.8 Å². The lowest BCUT2D eigenvalue weighted by atomic mass is 9.99. The molecule has 0 bridgehead atoms. The van der Waals surface area contributed by atoms with Crippen molar-refractivity contribution < 1.29 is 18.0 Å². The Morgan fingerprint density at radius 2 is 2.04 bits per heavy atom. The Hall–Kier alpha value is -2.56. The second kappa shape index (κ2) is 6.80. The van der Waals surface area contributed by atoms with Gasteiger partial charge in [0.15, 0.2) is 5.65 Å². The molecule has 1 saturated heterocycles. The monoisotopic (exact) mass is 410 g/mol. The summed E-state index contributed by atoms with van der Waals surface area (Å²) in [4.78, 5) is 19.3. The highest BCUT2D eigenvalue weighted by Crippen LogP contribution is 2.35. The van der Waals surface area contributed by atoms with Gasteiger partial charge in [-0.2, -0.15) is 18.3 Å². The zero-order chi connectivity index (χ0) is 20.1. The molecule has 1 atom stereocenters. The molecule has 4 heterocycles. The summed E-state index contributed by atoms with van der Waals surface area (Å²) < 4.78 is 44.9. The number of piperidine rings is 1. The fraction of sp³-hybridized carbons (Fsp3) is 0.471. The maximum Gasteiger partial charge on any atom is 0.433 e. The number of amides is 1. The number of aromatic nitrogens is 5. The van der Waals surface area contributed by atoms with Crippen LogP contribution < -0.4 is 0 Å². The molecule has 0 saturated carbocycles. The van der Waals surface area contributed by atoms with Crippen molar-refractivity contribution in [2.75, 3.05) is 6.54 Å². The molecule has 0 aromatic carbocycles. The number of aryl methyl sites for hydroxylation is 2. The quantitative estimate of drug-likeness (QED) is 0.645. The van der Waals surface area contributed by atoms with Crippen LogP contribution in [0.3, 0.4) is 0 Å². The zero-order valence-electron chi connectivity index (χ0n) is 15.2. The number of hydrogen-bond donors (Lipinski definition) is 0. The van der Waals surface area contributed by atoms with E-state index in [2.05, 4.69) is 19.7 Å². The predicted octanol–water partition coefficient (Wildman–Crippen LogP) is 3.58. The van der Waals surface area contributed by atoms with Crippen LogP contribution in [0, 0.1) is 13.8 Å². The summed E-state index contributed by atoms with van der Waals surface area (Å²) in [6.45, 7) is 3.73. The summed E-state index contributed by atoms with van der Waals surface area (Å²) in [5.74, 6) is -0.213. The predicted molar refractivity (Wildman–Crippen MR) is 95.0 cm³/mol. The molecule has 28 heavy (non-hydrogen) atoms. The highest BCUT2D eigenvalue weighted by Gasteiger charge is 2.37. The van der Waals surface area contributed by atoms with Gasteiger partial charge in [0, 0.05) is 18.3 Å².